The van der Waals surface area contributed by atoms with Crippen molar-refractivity contribution in [1.29, 1.82) is 0 Å². The number of hydrogen-bond acceptors (Lipinski definition) is 0. The first kappa shape index (κ1) is 28.5. The molecule has 50 heavy (non-hydrogen) atoms. The molecule has 0 radical (unpaired) electrons. The van der Waals surface area contributed by atoms with Gasteiger partial charge in [0.05, 0.1) is 0 Å². The molecule has 232 valence electrons. The predicted molar refractivity (Wildman–Crippen MR) is 216 cm³/mol. The molecule has 0 saturated carbocycles. The van der Waals surface area contributed by atoms with Gasteiger partial charge >= 0.3 is 0 Å². The minimum absolute atomic E-state index is 1.22. The zero-order valence-electron chi connectivity index (χ0n) is 27.5. The van der Waals surface area contributed by atoms with Crippen LogP contribution in [0.25, 0.3) is 98.4 Å². The Morgan fingerprint density at radius 2 is 0.720 bits per heavy atom. The molecular formula is C50H32. The van der Waals surface area contributed by atoms with Crippen LogP contribution in [-0.4, -0.2) is 0 Å². The van der Waals surface area contributed by atoms with Crippen LogP contribution in [0.3, 0.4) is 0 Å². The second-order valence-corrected chi connectivity index (χ2v) is 13.3. The second kappa shape index (κ2) is 11.6. The van der Waals surface area contributed by atoms with Crippen molar-refractivity contribution in [3.63, 3.8) is 0 Å². The largest absolute Gasteiger partial charge is 0.0616 e. The molecule has 10 aromatic carbocycles. The van der Waals surface area contributed by atoms with Crippen LogP contribution in [0.15, 0.2) is 194 Å². The van der Waals surface area contributed by atoms with Crippen LogP contribution in [0.2, 0.25) is 0 Å². The summed E-state index contributed by atoms with van der Waals surface area (Å²) in [6.07, 6.45) is 0. The van der Waals surface area contributed by atoms with Gasteiger partial charge in [0.1, 0.15) is 0 Å². The van der Waals surface area contributed by atoms with E-state index in [1.807, 2.05) is 0 Å². The number of fused-ring (bicyclic) bond motifs is 5. The Morgan fingerprint density at radius 3 is 1.46 bits per heavy atom. The van der Waals surface area contributed by atoms with Crippen LogP contribution in [0, 0.1) is 0 Å². The molecule has 0 bridgehead atoms. The monoisotopic (exact) mass is 632 g/mol. The average Bonchev–Trinajstić information content (AvgIpc) is 3.19. The van der Waals surface area contributed by atoms with Crippen molar-refractivity contribution in [3.8, 4) is 44.5 Å². The highest BCUT2D eigenvalue weighted by molar-refractivity contribution is 6.21. The van der Waals surface area contributed by atoms with Gasteiger partial charge in [0, 0.05) is 0 Å². The average molecular weight is 633 g/mol. The van der Waals surface area contributed by atoms with Gasteiger partial charge in [-0.15, -0.1) is 0 Å². The summed E-state index contributed by atoms with van der Waals surface area (Å²) < 4.78 is 0. The minimum Gasteiger partial charge on any atom is -0.0616 e. The first-order valence-electron chi connectivity index (χ1n) is 17.3. The van der Waals surface area contributed by atoms with Crippen molar-refractivity contribution in [2.75, 3.05) is 0 Å². The van der Waals surface area contributed by atoms with Gasteiger partial charge in [0.15, 0.2) is 0 Å². The van der Waals surface area contributed by atoms with E-state index in [0.717, 1.165) is 0 Å². The molecule has 0 N–H and O–H groups in total. The molecule has 0 nitrogen and oxygen atoms in total. The normalized spacial score (nSPS) is 11.6. The number of rotatable bonds is 4. The van der Waals surface area contributed by atoms with E-state index >= 15 is 0 Å². The molecule has 0 aliphatic heterocycles. The Balaban J connectivity index is 1.31. The van der Waals surface area contributed by atoms with E-state index in [1.165, 1.54) is 98.4 Å². The van der Waals surface area contributed by atoms with E-state index in [4.69, 9.17) is 0 Å². The first-order chi connectivity index (χ1) is 24.8. The highest BCUT2D eigenvalue weighted by atomic mass is 14.2. The van der Waals surface area contributed by atoms with E-state index in [-0.39, 0.29) is 0 Å². The van der Waals surface area contributed by atoms with Gasteiger partial charge in [-0.3, -0.25) is 0 Å². The fraction of sp³-hybridized carbons (Fsp3) is 0. The molecule has 0 spiro atoms. The van der Waals surface area contributed by atoms with E-state index in [1.54, 1.807) is 0 Å². The molecule has 0 atom stereocenters. The van der Waals surface area contributed by atoms with E-state index in [9.17, 15) is 0 Å². The van der Waals surface area contributed by atoms with Gasteiger partial charge < -0.3 is 0 Å². The number of benzene rings is 10. The van der Waals surface area contributed by atoms with Gasteiger partial charge in [0.25, 0.3) is 0 Å². The standard InChI is InChI=1S/C50H32/c1-3-14-36-29-40(25-23-33(36)11-1)45-27-28-47(41-26-24-34-12-2-4-15-37(34)30-41)50-48(45)32-39-16-6-8-21-46(39)49(50)42-19-9-18-38(31-42)44-22-10-17-35-13-5-7-20-43(35)44/h1-32H. The molecule has 0 aromatic heterocycles. The van der Waals surface area contributed by atoms with Crippen molar-refractivity contribution in [1.82, 2.24) is 0 Å². The lowest BCUT2D eigenvalue weighted by Gasteiger charge is -2.20. The van der Waals surface area contributed by atoms with Crippen LogP contribution < -0.4 is 0 Å². The maximum Gasteiger partial charge on any atom is -0.00141 e. The van der Waals surface area contributed by atoms with Crippen LogP contribution in [-0.2, 0) is 0 Å². The molecule has 0 fully saturated rings. The maximum atomic E-state index is 2.41. The first-order valence-corrected chi connectivity index (χ1v) is 17.3. The summed E-state index contributed by atoms with van der Waals surface area (Å²) in [5.74, 6) is 0. The molecule has 0 heteroatoms. The van der Waals surface area contributed by atoms with Crippen LogP contribution in [0.5, 0.6) is 0 Å². The zero-order chi connectivity index (χ0) is 33.0. The highest BCUT2D eigenvalue weighted by Crippen LogP contribution is 2.46. The maximum absolute atomic E-state index is 2.41. The van der Waals surface area contributed by atoms with Crippen LogP contribution in [0.1, 0.15) is 0 Å². The van der Waals surface area contributed by atoms with Gasteiger partial charge in [-0.05, 0) is 123 Å². The molecule has 10 rings (SSSR count). The van der Waals surface area contributed by atoms with Gasteiger partial charge in [0.2, 0.25) is 0 Å². The lowest BCUT2D eigenvalue weighted by Crippen LogP contribution is -1.93. The molecule has 10 aromatic rings. The summed E-state index contributed by atoms with van der Waals surface area (Å²) in [6.45, 7) is 0. The fourth-order valence-corrected chi connectivity index (χ4v) is 8.00. The summed E-state index contributed by atoms with van der Waals surface area (Å²) in [6, 6.07) is 71.5. The minimum atomic E-state index is 1.22. The summed E-state index contributed by atoms with van der Waals surface area (Å²) in [4.78, 5) is 0. The third-order valence-electron chi connectivity index (χ3n) is 10.4. The molecule has 0 amide bonds. The Bertz CT molecular complexity index is 2920. The molecule has 0 unspecified atom stereocenters. The molecule has 0 aliphatic carbocycles. The number of hydrogen-bond donors (Lipinski definition) is 0. The molecular weight excluding hydrogens is 601 g/mol. The summed E-state index contributed by atoms with van der Waals surface area (Å²) >= 11 is 0. The fourth-order valence-electron chi connectivity index (χ4n) is 8.00. The Kier molecular flexibility index (Phi) is 6.60. The van der Waals surface area contributed by atoms with Crippen molar-refractivity contribution < 1.29 is 0 Å². The Labute approximate surface area is 291 Å². The van der Waals surface area contributed by atoms with Crippen molar-refractivity contribution in [3.05, 3.63) is 194 Å². The van der Waals surface area contributed by atoms with Crippen LogP contribution >= 0.6 is 0 Å². The van der Waals surface area contributed by atoms with Crippen LogP contribution in [0.4, 0.5) is 0 Å². The lowest BCUT2D eigenvalue weighted by molar-refractivity contribution is 1.62. The third-order valence-corrected chi connectivity index (χ3v) is 10.4. The van der Waals surface area contributed by atoms with E-state index < -0.39 is 0 Å². The third kappa shape index (κ3) is 4.69. The molecule has 0 saturated heterocycles. The molecule has 0 heterocycles. The van der Waals surface area contributed by atoms with Gasteiger partial charge in [-0.1, -0.05) is 170 Å². The lowest BCUT2D eigenvalue weighted by atomic mass is 9.83. The Morgan fingerprint density at radius 1 is 0.220 bits per heavy atom. The quantitative estimate of drug-likeness (QED) is 0.169. The van der Waals surface area contributed by atoms with Crippen molar-refractivity contribution >= 4 is 53.9 Å². The van der Waals surface area contributed by atoms with Gasteiger partial charge in [-0.2, -0.15) is 0 Å². The highest BCUT2D eigenvalue weighted by Gasteiger charge is 2.19. The Hall–Kier alpha value is -6.50. The smallest absolute Gasteiger partial charge is 0.00141 e. The van der Waals surface area contributed by atoms with E-state index in [2.05, 4.69) is 194 Å². The zero-order valence-corrected chi connectivity index (χ0v) is 27.5. The topological polar surface area (TPSA) is 0 Å². The SMILES string of the molecule is c1cc(-c2cccc3ccccc23)cc(-c2c3ccccc3cc3c(-c4ccc5ccccc5c4)ccc(-c4ccc5ccccc5c4)c23)c1. The van der Waals surface area contributed by atoms with Crippen molar-refractivity contribution in [2.24, 2.45) is 0 Å². The summed E-state index contributed by atoms with van der Waals surface area (Å²) in [5, 5.41) is 12.6. The van der Waals surface area contributed by atoms with Crippen molar-refractivity contribution in [2.45, 2.75) is 0 Å². The van der Waals surface area contributed by atoms with E-state index in [0.29, 0.717) is 0 Å². The second-order valence-electron chi connectivity index (χ2n) is 13.3. The van der Waals surface area contributed by atoms with Gasteiger partial charge in [-0.25, -0.2) is 0 Å². The summed E-state index contributed by atoms with van der Waals surface area (Å²) in [5.41, 5.74) is 9.89. The predicted octanol–water partition coefficient (Wildman–Crippen LogP) is 14.1. The molecule has 0 aliphatic rings. The summed E-state index contributed by atoms with van der Waals surface area (Å²) in [7, 11) is 0.